The first-order chi connectivity index (χ1) is 9.63. The number of carbonyl (C=O) groups is 1. The fourth-order valence-electron chi connectivity index (χ4n) is 2.35. The van der Waals surface area contributed by atoms with Gasteiger partial charge in [-0.1, -0.05) is 0 Å². The molecule has 0 atom stereocenters. The second-order valence-electron chi connectivity index (χ2n) is 5.00. The number of hydrogen-bond donors (Lipinski definition) is 1. The zero-order valence-corrected chi connectivity index (χ0v) is 12.9. The Morgan fingerprint density at radius 3 is 2.85 bits per heavy atom. The van der Waals surface area contributed by atoms with Crippen molar-refractivity contribution in [2.24, 2.45) is 0 Å². The lowest BCUT2D eigenvalue weighted by Crippen LogP contribution is -2.36. The van der Waals surface area contributed by atoms with E-state index in [1.165, 1.54) is 5.56 Å². The molecule has 0 radical (unpaired) electrons. The van der Waals surface area contributed by atoms with Crippen LogP contribution in [0.25, 0.3) is 0 Å². The third-order valence-corrected chi connectivity index (χ3v) is 3.81. The number of pyridine rings is 1. The lowest BCUT2D eigenvalue weighted by molar-refractivity contribution is -0.138. The maximum Gasteiger partial charge on any atom is 0.305 e. The third kappa shape index (κ3) is 5.19. The maximum atomic E-state index is 10.4. The number of nitrogens with zero attached hydrogens (tertiary/aromatic N) is 2. The number of hydrogen-bond acceptors (Lipinski definition) is 4. The Hall–Kier alpha value is -0.980. The van der Waals surface area contributed by atoms with Gasteiger partial charge in [0.05, 0.1) is 19.1 Å². The summed E-state index contributed by atoms with van der Waals surface area (Å²) in [6.07, 6.45) is 5.88. The first-order valence-electron chi connectivity index (χ1n) is 6.78. The number of carboxylic acid groups (broad SMARTS) is 1. The van der Waals surface area contributed by atoms with Crippen molar-refractivity contribution in [2.45, 2.75) is 31.9 Å². The van der Waals surface area contributed by atoms with E-state index in [0.29, 0.717) is 6.61 Å². The summed E-state index contributed by atoms with van der Waals surface area (Å²) in [6, 6.07) is 2.09. The van der Waals surface area contributed by atoms with E-state index in [-0.39, 0.29) is 12.5 Å². The second kappa shape index (κ2) is 7.71. The van der Waals surface area contributed by atoms with Gasteiger partial charge in [0.2, 0.25) is 0 Å². The standard InChI is InChI=1S/C14H19BrN2O3/c15-12-7-11(8-16-9-12)10-17-4-1-13(2-5-17)20-6-3-14(18)19/h7-9,13H,1-6,10H2,(H,18,19). The summed E-state index contributed by atoms with van der Waals surface area (Å²) in [5.74, 6) is -0.801. The third-order valence-electron chi connectivity index (χ3n) is 3.37. The van der Waals surface area contributed by atoms with Gasteiger partial charge in [-0.3, -0.25) is 14.7 Å². The van der Waals surface area contributed by atoms with Crippen molar-refractivity contribution in [1.82, 2.24) is 9.88 Å². The van der Waals surface area contributed by atoms with Crippen LogP contribution in [0.2, 0.25) is 0 Å². The molecule has 5 nitrogen and oxygen atoms in total. The number of ether oxygens (including phenoxy) is 1. The highest BCUT2D eigenvalue weighted by Gasteiger charge is 2.19. The molecule has 1 saturated heterocycles. The molecule has 1 aromatic heterocycles. The number of aromatic nitrogens is 1. The number of rotatable bonds is 6. The van der Waals surface area contributed by atoms with Crippen molar-refractivity contribution < 1.29 is 14.6 Å². The minimum absolute atomic E-state index is 0.0872. The summed E-state index contributed by atoms with van der Waals surface area (Å²) in [5, 5.41) is 8.57. The van der Waals surface area contributed by atoms with E-state index in [0.717, 1.165) is 36.9 Å². The highest BCUT2D eigenvalue weighted by molar-refractivity contribution is 9.10. The van der Waals surface area contributed by atoms with Crippen molar-refractivity contribution in [3.8, 4) is 0 Å². The van der Waals surface area contributed by atoms with Crippen molar-refractivity contribution in [3.63, 3.8) is 0 Å². The Balaban J connectivity index is 1.70. The fraction of sp³-hybridized carbons (Fsp3) is 0.571. The molecule has 0 aromatic carbocycles. The number of aliphatic carboxylic acids is 1. The van der Waals surface area contributed by atoms with Crippen LogP contribution in [0.3, 0.4) is 0 Å². The van der Waals surface area contributed by atoms with Crippen LogP contribution >= 0.6 is 15.9 Å². The molecule has 0 bridgehead atoms. The van der Waals surface area contributed by atoms with E-state index in [9.17, 15) is 4.79 Å². The van der Waals surface area contributed by atoms with Gasteiger partial charge in [0.1, 0.15) is 0 Å². The molecule has 1 fully saturated rings. The van der Waals surface area contributed by atoms with Crippen molar-refractivity contribution in [3.05, 3.63) is 28.5 Å². The Labute approximate surface area is 127 Å². The lowest BCUT2D eigenvalue weighted by Gasteiger charge is -2.31. The smallest absolute Gasteiger partial charge is 0.305 e. The average Bonchev–Trinajstić information content (AvgIpc) is 2.40. The van der Waals surface area contributed by atoms with Gasteiger partial charge in [-0.2, -0.15) is 0 Å². The molecule has 2 rings (SSSR count). The van der Waals surface area contributed by atoms with Crippen LogP contribution in [0.1, 0.15) is 24.8 Å². The number of carboxylic acids is 1. The molecule has 0 unspecified atom stereocenters. The minimum atomic E-state index is -0.801. The molecule has 6 heteroatoms. The lowest BCUT2D eigenvalue weighted by atomic mass is 10.1. The predicted molar refractivity (Wildman–Crippen MR) is 78.4 cm³/mol. The Kier molecular flexibility index (Phi) is 5.94. The number of halogens is 1. The van der Waals surface area contributed by atoms with Crippen LogP contribution in [0.5, 0.6) is 0 Å². The van der Waals surface area contributed by atoms with Gasteiger partial charge in [-0.25, -0.2) is 0 Å². The van der Waals surface area contributed by atoms with E-state index in [2.05, 4.69) is 31.9 Å². The van der Waals surface area contributed by atoms with Crippen LogP contribution < -0.4 is 0 Å². The van der Waals surface area contributed by atoms with E-state index in [1.54, 1.807) is 6.20 Å². The van der Waals surface area contributed by atoms with Crippen LogP contribution in [0.15, 0.2) is 22.9 Å². The zero-order chi connectivity index (χ0) is 14.4. The predicted octanol–water partition coefficient (Wildman–Crippen LogP) is 2.30. The average molecular weight is 343 g/mol. The van der Waals surface area contributed by atoms with E-state index < -0.39 is 5.97 Å². The molecular weight excluding hydrogens is 324 g/mol. The summed E-state index contributed by atoms with van der Waals surface area (Å²) >= 11 is 3.43. The van der Waals surface area contributed by atoms with Gasteiger partial charge in [-0.15, -0.1) is 0 Å². The molecule has 1 aliphatic rings. The summed E-state index contributed by atoms with van der Waals surface area (Å²) in [5.41, 5.74) is 1.20. The molecule has 110 valence electrons. The molecule has 20 heavy (non-hydrogen) atoms. The van der Waals surface area contributed by atoms with Crippen LogP contribution in [0, 0.1) is 0 Å². The highest BCUT2D eigenvalue weighted by Crippen LogP contribution is 2.17. The molecule has 0 saturated carbocycles. The van der Waals surface area contributed by atoms with Gasteiger partial charge in [0.15, 0.2) is 0 Å². The zero-order valence-electron chi connectivity index (χ0n) is 11.3. The van der Waals surface area contributed by atoms with Gasteiger partial charge < -0.3 is 9.84 Å². The van der Waals surface area contributed by atoms with Crippen LogP contribution in [-0.4, -0.2) is 46.8 Å². The van der Waals surface area contributed by atoms with Gasteiger partial charge in [0.25, 0.3) is 0 Å². The molecule has 1 N–H and O–H groups in total. The van der Waals surface area contributed by atoms with Gasteiger partial charge in [-0.05, 0) is 40.4 Å². The van der Waals surface area contributed by atoms with E-state index >= 15 is 0 Å². The van der Waals surface area contributed by atoms with Crippen molar-refractivity contribution in [2.75, 3.05) is 19.7 Å². The highest BCUT2D eigenvalue weighted by atomic mass is 79.9. The SMILES string of the molecule is O=C(O)CCOC1CCN(Cc2cncc(Br)c2)CC1. The Bertz CT molecular complexity index is 448. The summed E-state index contributed by atoms with van der Waals surface area (Å²) < 4.78 is 6.59. The monoisotopic (exact) mass is 342 g/mol. The summed E-state index contributed by atoms with van der Waals surface area (Å²) in [7, 11) is 0. The Morgan fingerprint density at radius 2 is 2.20 bits per heavy atom. The molecule has 0 spiro atoms. The fourth-order valence-corrected chi connectivity index (χ4v) is 2.76. The Morgan fingerprint density at radius 1 is 1.45 bits per heavy atom. The minimum Gasteiger partial charge on any atom is -0.481 e. The molecule has 0 amide bonds. The summed E-state index contributed by atoms with van der Waals surface area (Å²) in [4.78, 5) is 17.0. The maximum absolute atomic E-state index is 10.4. The van der Waals surface area contributed by atoms with Crippen LogP contribution in [-0.2, 0) is 16.1 Å². The first kappa shape index (κ1) is 15.4. The van der Waals surface area contributed by atoms with Crippen LogP contribution in [0.4, 0.5) is 0 Å². The van der Waals surface area contributed by atoms with Gasteiger partial charge in [0, 0.05) is 36.5 Å². The molecular formula is C14H19BrN2O3. The van der Waals surface area contributed by atoms with E-state index in [4.69, 9.17) is 9.84 Å². The topological polar surface area (TPSA) is 62.7 Å². The normalized spacial score (nSPS) is 17.2. The molecule has 2 heterocycles. The quantitative estimate of drug-likeness (QED) is 0.859. The molecule has 1 aliphatic heterocycles. The molecule has 0 aliphatic carbocycles. The first-order valence-corrected chi connectivity index (χ1v) is 7.58. The van der Waals surface area contributed by atoms with E-state index in [1.807, 2.05) is 6.20 Å². The van der Waals surface area contributed by atoms with Crippen molar-refractivity contribution in [1.29, 1.82) is 0 Å². The second-order valence-corrected chi connectivity index (χ2v) is 5.92. The largest absolute Gasteiger partial charge is 0.481 e. The summed E-state index contributed by atoms with van der Waals surface area (Å²) in [6.45, 7) is 3.17. The van der Waals surface area contributed by atoms with Gasteiger partial charge >= 0.3 is 5.97 Å². The molecule has 1 aromatic rings. The number of piperidine rings is 1. The van der Waals surface area contributed by atoms with Crippen molar-refractivity contribution >= 4 is 21.9 Å². The number of likely N-dealkylation sites (tertiary alicyclic amines) is 1.